The smallest absolute Gasteiger partial charge is 0.306 e. The first-order chi connectivity index (χ1) is 13.7. The SMILES string of the molecule is COCCOCCOCCOC(=O)CCC(=O)OCCOCCOCCOC. The van der Waals surface area contributed by atoms with Crippen LogP contribution in [0.4, 0.5) is 0 Å². The molecule has 0 aromatic heterocycles. The summed E-state index contributed by atoms with van der Waals surface area (Å²) in [4.78, 5) is 23.0. The summed E-state index contributed by atoms with van der Waals surface area (Å²) in [6.45, 7) is 4.64. The first-order valence-corrected chi connectivity index (χ1v) is 9.30. The number of carbonyl (C=O) groups excluding carboxylic acids is 2. The van der Waals surface area contributed by atoms with E-state index in [4.69, 9.17) is 37.9 Å². The number of hydrogen-bond acceptors (Lipinski definition) is 10. The van der Waals surface area contributed by atoms with Crippen LogP contribution in [0.2, 0.25) is 0 Å². The maximum Gasteiger partial charge on any atom is 0.306 e. The molecule has 0 saturated carbocycles. The molecule has 0 aromatic carbocycles. The first-order valence-electron chi connectivity index (χ1n) is 9.30. The predicted molar refractivity (Wildman–Crippen MR) is 98.2 cm³/mol. The number of rotatable bonds is 21. The zero-order chi connectivity index (χ0) is 20.7. The molecule has 0 radical (unpaired) electrons. The van der Waals surface area contributed by atoms with Crippen LogP contribution >= 0.6 is 0 Å². The van der Waals surface area contributed by atoms with E-state index >= 15 is 0 Å². The lowest BCUT2D eigenvalue weighted by atomic mass is 10.3. The maximum absolute atomic E-state index is 11.5. The van der Waals surface area contributed by atoms with Crippen molar-refractivity contribution in [2.45, 2.75) is 12.8 Å². The third-order valence-corrected chi connectivity index (χ3v) is 3.12. The van der Waals surface area contributed by atoms with Gasteiger partial charge in [0.25, 0.3) is 0 Å². The van der Waals surface area contributed by atoms with Gasteiger partial charge in [-0.25, -0.2) is 0 Å². The largest absolute Gasteiger partial charge is 0.463 e. The quantitative estimate of drug-likeness (QED) is 0.192. The molecule has 0 spiro atoms. The number of esters is 2. The van der Waals surface area contributed by atoms with Crippen LogP contribution in [0.1, 0.15) is 12.8 Å². The van der Waals surface area contributed by atoms with Gasteiger partial charge in [-0.05, 0) is 0 Å². The Balaban J connectivity index is 3.32. The molecule has 0 aliphatic rings. The van der Waals surface area contributed by atoms with Crippen molar-refractivity contribution in [1.82, 2.24) is 0 Å². The van der Waals surface area contributed by atoms with Crippen LogP contribution in [-0.2, 0) is 47.5 Å². The Morgan fingerprint density at radius 3 is 1.07 bits per heavy atom. The van der Waals surface area contributed by atoms with Crippen LogP contribution in [0.25, 0.3) is 0 Å². The fraction of sp³-hybridized carbons (Fsp3) is 0.889. The predicted octanol–water partition coefficient (Wildman–Crippen LogP) is 0.212. The topological polar surface area (TPSA) is 108 Å². The van der Waals surface area contributed by atoms with Gasteiger partial charge in [0.2, 0.25) is 0 Å². The lowest BCUT2D eigenvalue weighted by Gasteiger charge is -2.08. The monoisotopic (exact) mass is 410 g/mol. The van der Waals surface area contributed by atoms with Gasteiger partial charge in [-0.2, -0.15) is 0 Å². The van der Waals surface area contributed by atoms with E-state index in [1.165, 1.54) is 0 Å². The van der Waals surface area contributed by atoms with E-state index in [1.54, 1.807) is 14.2 Å². The summed E-state index contributed by atoms with van der Waals surface area (Å²) in [6, 6.07) is 0. The van der Waals surface area contributed by atoms with Crippen LogP contribution in [0, 0.1) is 0 Å². The van der Waals surface area contributed by atoms with E-state index in [0.29, 0.717) is 52.9 Å². The minimum atomic E-state index is -0.471. The van der Waals surface area contributed by atoms with Gasteiger partial charge in [-0.15, -0.1) is 0 Å². The summed E-state index contributed by atoms with van der Waals surface area (Å²) < 4.78 is 40.5. The summed E-state index contributed by atoms with van der Waals surface area (Å²) in [6.07, 6.45) is -0.0691. The van der Waals surface area contributed by atoms with Gasteiger partial charge in [0.1, 0.15) is 13.2 Å². The second-order valence-electron chi connectivity index (χ2n) is 5.38. The highest BCUT2D eigenvalue weighted by Crippen LogP contribution is 1.96. The highest BCUT2D eigenvalue weighted by Gasteiger charge is 2.09. The second-order valence-corrected chi connectivity index (χ2v) is 5.38. The minimum Gasteiger partial charge on any atom is -0.463 e. The molecule has 0 rings (SSSR count). The Bertz CT molecular complexity index is 330. The number of methoxy groups -OCH3 is 2. The molecule has 0 aliphatic carbocycles. The molecule has 0 fully saturated rings. The van der Waals surface area contributed by atoms with Gasteiger partial charge >= 0.3 is 11.9 Å². The molecular weight excluding hydrogens is 376 g/mol. The van der Waals surface area contributed by atoms with Gasteiger partial charge in [-0.3, -0.25) is 9.59 Å². The van der Waals surface area contributed by atoms with E-state index in [2.05, 4.69) is 0 Å². The fourth-order valence-corrected chi connectivity index (χ4v) is 1.71. The number of hydrogen-bond donors (Lipinski definition) is 0. The average Bonchev–Trinajstić information content (AvgIpc) is 2.69. The highest BCUT2D eigenvalue weighted by atomic mass is 16.6. The van der Waals surface area contributed by atoms with Crippen molar-refractivity contribution >= 4 is 11.9 Å². The molecule has 0 amide bonds. The van der Waals surface area contributed by atoms with Crippen LogP contribution in [-0.4, -0.2) is 105 Å². The molecule has 0 N–H and O–H groups in total. The van der Waals surface area contributed by atoms with Crippen LogP contribution < -0.4 is 0 Å². The molecule has 0 heterocycles. The van der Waals surface area contributed by atoms with Crippen molar-refractivity contribution in [3.05, 3.63) is 0 Å². The standard InChI is InChI=1S/C18H34O10/c1-21-5-7-23-9-11-25-13-15-27-17(19)3-4-18(20)28-16-14-26-12-10-24-8-6-22-2/h3-16H2,1-2H3. The van der Waals surface area contributed by atoms with Gasteiger partial charge < -0.3 is 37.9 Å². The van der Waals surface area contributed by atoms with Gasteiger partial charge in [-0.1, -0.05) is 0 Å². The summed E-state index contributed by atoms with van der Waals surface area (Å²) in [5, 5.41) is 0. The average molecular weight is 410 g/mol. The molecule has 10 heteroatoms. The van der Waals surface area contributed by atoms with Crippen LogP contribution in [0.3, 0.4) is 0 Å². The third kappa shape index (κ3) is 21.0. The minimum absolute atomic E-state index is 0.0346. The van der Waals surface area contributed by atoms with Crippen molar-refractivity contribution in [1.29, 1.82) is 0 Å². The van der Waals surface area contributed by atoms with Crippen molar-refractivity contribution in [2.24, 2.45) is 0 Å². The lowest BCUT2D eigenvalue weighted by Crippen LogP contribution is -2.16. The molecule has 0 saturated heterocycles. The van der Waals surface area contributed by atoms with E-state index in [1.807, 2.05) is 0 Å². The number of ether oxygens (including phenoxy) is 8. The normalized spacial score (nSPS) is 10.8. The Hall–Kier alpha value is -1.30. The molecule has 0 atom stereocenters. The Morgan fingerprint density at radius 2 is 0.750 bits per heavy atom. The fourth-order valence-electron chi connectivity index (χ4n) is 1.71. The number of carbonyl (C=O) groups is 2. The van der Waals surface area contributed by atoms with Crippen molar-refractivity contribution in [3.63, 3.8) is 0 Å². The molecule has 166 valence electrons. The zero-order valence-corrected chi connectivity index (χ0v) is 17.0. The molecule has 0 unspecified atom stereocenters. The summed E-state index contributed by atoms with van der Waals surface area (Å²) in [7, 11) is 3.21. The van der Waals surface area contributed by atoms with E-state index in [0.717, 1.165) is 0 Å². The molecule has 10 nitrogen and oxygen atoms in total. The summed E-state index contributed by atoms with van der Waals surface area (Å²) in [5.74, 6) is -0.942. The zero-order valence-electron chi connectivity index (χ0n) is 17.0. The van der Waals surface area contributed by atoms with E-state index < -0.39 is 11.9 Å². The Morgan fingerprint density at radius 1 is 0.464 bits per heavy atom. The van der Waals surface area contributed by atoms with E-state index in [9.17, 15) is 9.59 Å². The molecule has 28 heavy (non-hydrogen) atoms. The van der Waals surface area contributed by atoms with Crippen molar-refractivity contribution in [3.8, 4) is 0 Å². The molecule has 0 aliphatic heterocycles. The van der Waals surface area contributed by atoms with E-state index in [-0.39, 0.29) is 39.3 Å². The van der Waals surface area contributed by atoms with Crippen molar-refractivity contribution in [2.75, 3.05) is 93.5 Å². The Kier molecular flexibility index (Phi) is 21.0. The van der Waals surface area contributed by atoms with Crippen LogP contribution in [0.15, 0.2) is 0 Å². The van der Waals surface area contributed by atoms with Gasteiger partial charge in [0.15, 0.2) is 0 Å². The lowest BCUT2D eigenvalue weighted by molar-refractivity contribution is -0.152. The van der Waals surface area contributed by atoms with Crippen molar-refractivity contribution < 1.29 is 47.5 Å². The maximum atomic E-state index is 11.5. The van der Waals surface area contributed by atoms with Crippen LogP contribution in [0.5, 0.6) is 0 Å². The van der Waals surface area contributed by atoms with Gasteiger partial charge in [0.05, 0.1) is 78.9 Å². The Labute approximate surface area is 166 Å². The molecular formula is C18H34O10. The van der Waals surface area contributed by atoms with Gasteiger partial charge in [0, 0.05) is 14.2 Å². The first kappa shape index (κ1) is 26.7. The third-order valence-electron chi connectivity index (χ3n) is 3.12. The molecule has 0 aromatic rings. The second kappa shape index (κ2) is 22.0. The molecule has 0 bridgehead atoms. The summed E-state index contributed by atoms with van der Waals surface area (Å²) in [5.41, 5.74) is 0. The summed E-state index contributed by atoms with van der Waals surface area (Å²) >= 11 is 0. The highest BCUT2D eigenvalue weighted by molar-refractivity contribution is 5.77.